The van der Waals surface area contributed by atoms with Crippen molar-refractivity contribution in [2.45, 2.75) is 26.3 Å². The fraction of sp³-hybridized carbons (Fsp3) is 0.455. The van der Waals surface area contributed by atoms with Crippen molar-refractivity contribution in [2.75, 3.05) is 12.3 Å². The van der Waals surface area contributed by atoms with Crippen molar-refractivity contribution in [3.63, 3.8) is 0 Å². The summed E-state index contributed by atoms with van der Waals surface area (Å²) in [6.45, 7) is 1.39. The van der Waals surface area contributed by atoms with Crippen LogP contribution in [0.5, 0.6) is 5.75 Å². The Hall–Kier alpha value is -2.03. The lowest BCUT2D eigenvalue weighted by atomic mass is 10.1. The van der Waals surface area contributed by atoms with E-state index in [1.807, 2.05) is 0 Å². The molecule has 4 N–H and O–H groups in total. The summed E-state index contributed by atoms with van der Waals surface area (Å²) in [5.41, 5.74) is 10.5. The van der Waals surface area contributed by atoms with Gasteiger partial charge in [-0.2, -0.15) is 0 Å². The van der Waals surface area contributed by atoms with Crippen molar-refractivity contribution in [2.24, 2.45) is 5.73 Å². The minimum absolute atomic E-state index is 0.100. The highest BCUT2D eigenvalue weighted by Crippen LogP contribution is 2.32. The molecule has 0 bridgehead atoms. The Morgan fingerprint density at radius 2 is 2.10 bits per heavy atom. The molecule has 0 saturated heterocycles. The zero-order valence-electron chi connectivity index (χ0n) is 10.7. The molecule has 1 heterocycles. The lowest BCUT2D eigenvalue weighted by Gasteiger charge is -2.17. The highest BCUT2D eigenvalue weighted by Gasteiger charge is 2.34. The number of rotatable bonds is 5. The average molecular weight is 293 g/mol. The number of anilines is 1. The number of halogens is 3. The molecule has 0 amide bonds. The van der Waals surface area contributed by atoms with Crippen LogP contribution in [0.4, 0.5) is 18.9 Å². The predicted molar refractivity (Wildman–Crippen MR) is 63.6 cm³/mol. The van der Waals surface area contributed by atoms with Gasteiger partial charge in [0.05, 0.1) is 30.6 Å². The van der Waals surface area contributed by atoms with Gasteiger partial charge in [-0.1, -0.05) is 0 Å². The number of pyridine rings is 1. The third-order valence-electron chi connectivity index (χ3n) is 2.28. The zero-order chi connectivity index (χ0) is 15.3. The van der Waals surface area contributed by atoms with Gasteiger partial charge in [-0.25, -0.2) is 0 Å². The van der Waals surface area contributed by atoms with E-state index in [0.717, 1.165) is 6.20 Å². The van der Waals surface area contributed by atoms with E-state index in [-0.39, 0.29) is 30.1 Å². The van der Waals surface area contributed by atoms with E-state index in [2.05, 4.69) is 14.5 Å². The fourth-order valence-corrected chi connectivity index (χ4v) is 1.51. The van der Waals surface area contributed by atoms with Crippen molar-refractivity contribution >= 4 is 11.7 Å². The standard InChI is InChI=1S/C11H14F3N3O3/c1-2-19-9(18)3-6-7(16)5-17-8(4-15)10(6)20-11(12,13)14/h5H,2-4,15-16H2,1H3. The van der Waals surface area contributed by atoms with Crippen molar-refractivity contribution in [3.8, 4) is 5.75 Å². The van der Waals surface area contributed by atoms with Crippen molar-refractivity contribution in [3.05, 3.63) is 17.5 Å². The van der Waals surface area contributed by atoms with Crippen molar-refractivity contribution in [1.29, 1.82) is 0 Å². The number of carbonyl (C=O) groups excluding carboxylic acids is 1. The van der Waals surface area contributed by atoms with Gasteiger partial charge in [0.2, 0.25) is 0 Å². The molecule has 6 nitrogen and oxygen atoms in total. The molecule has 0 fully saturated rings. The topological polar surface area (TPSA) is 100 Å². The first-order valence-electron chi connectivity index (χ1n) is 5.66. The number of nitrogen functional groups attached to an aromatic ring is 1. The Morgan fingerprint density at radius 3 is 2.60 bits per heavy atom. The van der Waals surface area contributed by atoms with Gasteiger partial charge in [-0.3, -0.25) is 9.78 Å². The number of alkyl halides is 3. The highest BCUT2D eigenvalue weighted by molar-refractivity contribution is 5.76. The Labute approximate surface area is 112 Å². The van der Waals surface area contributed by atoms with Gasteiger partial charge in [0.25, 0.3) is 0 Å². The molecule has 20 heavy (non-hydrogen) atoms. The largest absolute Gasteiger partial charge is 0.573 e. The Morgan fingerprint density at radius 1 is 1.45 bits per heavy atom. The van der Waals surface area contributed by atoms with Gasteiger partial charge < -0.3 is 20.9 Å². The minimum atomic E-state index is -4.94. The number of carbonyl (C=O) groups is 1. The van der Waals surface area contributed by atoms with Gasteiger partial charge in [0.1, 0.15) is 0 Å². The van der Waals surface area contributed by atoms with Gasteiger partial charge in [-0.05, 0) is 6.92 Å². The van der Waals surface area contributed by atoms with E-state index >= 15 is 0 Å². The van der Waals surface area contributed by atoms with E-state index in [0.29, 0.717) is 0 Å². The molecule has 1 aromatic heterocycles. The van der Waals surface area contributed by atoms with E-state index in [9.17, 15) is 18.0 Å². The summed E-state index contributed by atoms with van der Waals surface area (Å²) in [6.07, 6.45) is -4.27. The van der Waals surface area contributed by atoms with Gasteiger partial charge in [0.15, 0.2) is 5.75 Å². The van der Waals surface area contributed by atoms with Crippen LogP contribution in [-0.2, 0) is 22.5 Å². The Bertz CT molecular complexity index is 492. The average Bonchev–Trinajstić information content (AvgIpc) is 2.32. The zero-order valence-corrected chi connectivity index (χ0v) is 10.7. The van der Waals surface area contributed by atoms with E-state index in [1.54, 1.807) is 6.92 Å². The van der Waals surface area contributed by atoms with Gasteiger partial charge >= 0.3 is 12.3 Å². The summed E-state index contributed by atoms with van der Waals surface area (Å²) in [4.78, 5) is 15.1. The maximum atomic E-state index is 12.4. The first-order chi connectivity index (χ1) is 9.28. The SMILES string of the molecule is CCOC(=O)Cc1c(N)cnc(CN)c1OC(F)(F)F. The second kappa shape index (κ2) is 6.42. The van der Waals surface area contributed by atoms with Crippen LogP contribution in [0, 0.1) is 0 Å². The molecule has 0 atom stereocenters. The van der Waals surface area contributed by atoms with Crippen LogP contribution in [-0.4, -0.2) is 23.9 Å². The normalized spacial score (nSPS) is 11.2. The Kier molecular flexibility index (Phi) is 5.14. The molecule has 0 spiro atoms. The molecule has 0 aromatic carbocycles. The molecule has 1 aromatic rings. The van der Waals surface area contributed by atoms with Crippen LogP contribution < -0.4 is 16.2 Å². The van der Waals surface area contributed by atoms with E-state index in [4.69, 9.17) is 11.5 Å². The van der Waals surface area contributed by atoms with Crippen molar-refractivity contribution in [1.82, 2.24) is 4.98 Å². The monoisotopic (exact) mass is 293 g/mol. The Balaban J connectivity index is 3.21. The molecule has 0 radical (unpaired) electrons. The lowest BCUT2D eigenvalue weighted by molar-refractivity contribution is -0.275. The van der Waals surface area contributed by atoms with Crippen LogP contribution in [0.2, 0.25) is 0 Å². The minimum Gasteiger partial charge on any atom is -0.466 e. The van der Waals surface area contributed by atoms with E-state index < -0.39 is 24.5 Å². The number of hydrogen-bond donors (Lipinski definition) is 2. The number of nitrogens with two attached hydrogens (primary N) is 2. The molecule has 0 aliphatic heterocycles. The van der Waals surface area contributed by atoms with Crippen molar-refractivity contribution < 1.29 is 27.4 Å². The third kappa shape index (κ3) is 4.26. The van der Waals surface area contributed by atoms with E-state index in [1.165, 1.54) is 0 Å². The number of hydrogen-bond acceptors (Lipinski definition) is 6. The fourth-order valence-electron chi connectivity index (χ4n) is 1.51. The first-order valence-corrected chi connectivity index (χ1v) is 5.66. The second-order valence-electron chi connectivity index (χ2n) is 3.70. The molecule has 112 valence electrons. The van der Waals surface area contributed by atoms with Gasteiger partial charge in [0, 0.05) is 12.1 Å². The molecular weight excluding hydrogens is 279 g/mol. The maximum absolute atomic E-state index is 12.4. The maximum Gasteiger partial charge on any atom is 0.573 e. The number of esters is 1. The molecule has 0 saturated carbocycles. The summed E-state index contributed by atoms with van der Waals surface area (Å²) in [5.74, 6) is -1.37. The van der Waals surface area contributed by atoms with Crippen LogP contribution in [0.15, 0.2) is 6.20 Å². The summed E-state index contributed by atoms with van der Waals surface area (Å²) >= 11 is 0. The molecule has 1 rings (SSSR count). The van der Waals surface area contributed by atoms with Crippen LogP contribution in [0.25, 0.3) is 0 Å². The predicted octanol–water partition coefficient (Wildman–Crippen LogP) is 1.13. The third-order valence-corrected chi connectivity index (χ3v) is 2.28. The number of nitrogens with zero attached hydrogens (tertiary/aromatic N) is 1. The summed E-state index contributed by atoms with van der Waals surface area (Å²) < 4.78 is 45.8. The smallest absolute Gasteiger partial charge is 0.466 e. The second-order valence-corrected chi connectivity index (χ2v) is 3.70. The van der Waals surface area contributed by atoms with Crippen LogP contribution in [0.3, 0.4) is 0 Å². The number of ether oxygens (including phenoxy) is 2. The molecule has 0 unspecified atom stereocenters. The molecular formula is C11H14F3N3O3. The summed E-state index contributed by atoms with van der Waals surface area (Å²) in [7, 11) is 0. The summed E-state index contributed by atoms with van der Waals surface area (Å²) in [6, 6.07) is 0. The molecule has 0 aliphatic rings. The lowest BCUT2D eigenvalue weighted by Crippen LogP contribution is -2.22. The van der Waals surface area contributed by atoms with Gasteiger partial charge in [-0.15, -0.1) is 13.2 Å². The highest BCUT2D eigenvalue weighted by atomic mass is 19.4. The first kappa shape index (κ1) is 16.0. The molecule has 0 aliphatic carbocycles. The van der Waals surface area contributed by atoms with Crippen LogP contribution in [0.1, 0.15) is 18.2 Å². The number of aromatic nitrogens is 1. The quantitative estimate of drug-likeness (QED) is 0.789. The van der Waals surface area contributed by atoms with Crippen LogP contribution >= 0.6 is 0 Å². The summed E-state index contributed by atoms with van der Waals surface area (Å²) in [5, 5.41) is 0. The molecule has 9 heteroatoms.